The van der Waals surface area contributed by atoms with Crippen LogP contribution in [0.1, 0.15) is 20.8 Å². The standard InChI is InChI=1S/C9H14O3.C8H12O3/c1-5-6-11-8(4)12-9(10)7(2)3;1-4-6-10-7(3)11-8(9)5-2/h5,8H,1-2,6H2,3-4H3;4-5,7H,1-2,6H2,3H3. The molecule has 0 aliphatic rings. The maximum atomic E-state index is 10.9. The summed E-state index contributed by atoms with van der Waals surface area (Å²) < 4.78 is 19.4. The molecule has 0 aliphatic carbocycles. The van der Waals surface area contributed by atoms with E-state index in [0.29, 0.717) is 18.8 Å². The van der Waals surface area contributed by atoms with Crippen LogP contribution < -0.4 is 0 Å². The van der Waals surface area contributed by atoms with E-state index in [0.717, 1.165) is 6.08 Å². The molecule has 0 aromatic heterocycles. The first-order valence-corrected chi connectivity index (χ1v) is 6.92. The smallest absolute Gasteiger partial charge is 0.335 e. The van der Waals surface area contributed by atoms with Gasteiger partial charge in [-0.25, -0.2) is 9.59 Å². The third-order valence-electron chi connectivity index (χ3n) is 1.97. The zero-order valence-electron chi connectivity index (χ0n) is 14.1. The van der Waals surface area contributed by atoms with Gasteiger partial charge in [-0.05, 0) is 20.8 Å². The number of carbonyl (C=O) groups excluding carboxylic acids is 2. The molecule has 0 fully saturated rings. The van der Waals surface area contributed by atoms with Gasteiger partial charge in [0.2, 0.25) is 12.6 Å². The summed E-state index contributed by atoms with van der Waals surface area (Å²) in [6.45, 7) is 19.2. The molecule has 6 nitrogen and oxygen atoms in total. The lowest BCUT2D eigenvalue weighted by atomic mass is 10.4. The summed E-state index contributed by atoms with van der Waals surface area (Å²) in [4.78, 5) is 21.4. The average molecular weight is 326 g/mol. The minimum atomic E-state index is -0.549. The van der Waals surface area contributed by atoms with Gasteiger partial charge in [0, 0.05) is 11.6 Å². The largest absolute Gasteiger partial charge is 0.433 e. The molecule has 0 saturated carbocycles. The Hall–Kier alpha value is -2.18. The van der Waals surface area contributed by atoms with Crippen molar-refractivity contribution in [2.75, 3.05) is 13.2 Å². The molecule has 0 bridgehead atoms. The molecular formula is C17H26O6. The lowest BCUT2D eigenvalue weighted by Crippen LogP contribution is -2.18. The molecule has 0 amide bonds. The highest BCUT2D eigenvalue weighted by atomic mass is 16.7. The first-order chi connectivity index (χ1) is 10.8. The van der Waals surface area contributed by atoms with Crippen molar-refractivity contribution in [2.24, 2.45) is 0 Å². The summed E-state index contributed by atoms with van der Waals surface area (Å²) in [7, 11) is 0. The molecule has 0 N–H and O–H groups in total. The number of esters is 2. The van der Waals surface area contributed by atoms with Crippen molar-refractivity contribution in [3.8, 4) is 0 Å². The van der Waals surface area contributed by atoms with Crippen LogP contribution >= 0.6 is 0 Å². The second kappa shape index (κ2) is 14.7. The molecule has 0 aliphatic heterocycles. The molecule has 0 radical (unpaired) electrons. The third-order valence-corrected chi connectivity index (χ3v) is 1.97. The lowest BCUT2D eigenvalue weighted by Gasteiger charge is -2.12. The highest BCUT2D eigenvalue weighted by molar-refractivity contribution is 5.86. The maximum Gasteiger partial charge on any atom is 0.335 e. The quantitative estimate of drug-likeness (QED) is 0.266. The van der Waals surface area contributed by atoms with E-state index < -0.39 is 24.5 Å². The number of ether oxygens (including phenoxy) is 4. The van der Waals surface area contributed by atoms with Crippen LogP contribution in [0.25, 0.3) is 0 Å². The van der Waals surface area contributed by atoms with Crippen molar-refractivity contribution < 1.29 is 28.5 Å². The zero-order chi connectivity index (χ0) is 18.3. The Morgan fingerprint density at radius 3 is 1.74 bits per heavy atom. The van der Waals surface area contributed by atoms with Crippen LogP contribution in [-0.2, 0) is 28.5 Å². The Morgan fingerprint density at radius 2 is 1.39 bits per heavy atom. The van der Waals surface area contributed by atoms with Crippen molar-refractivity contribution in [1.82, 2.24) is 0 Å². The van der Waals surface area contributed by atoms with Gasteiger partial charge in [0.1, 0.15) is 0 Å². The van der Waals surface area contributed by atoms with E-state index in [1.54, 1.807) is 32.9 Å². The molecule has 130 valence electrons. The number of hydrogen-bond acceptors (Lipinski definition) is 6. The van der Waals surface area contributed by atoms with E-state index in [2.05, 4.69) is 31.1 Å². The van der Waals surface area contributed by atoms with Crippen LogP contribution in [0.4, 0.5) is 0 Å². The Morgan fingerprint density at radius 1 is 0.957 bits per heavy atom. The zero-order valence-corrected chi connectivity index (χ0v) is 14.1. The number of rotatable bonds is 10. The molecule has 0 rings (SSSR count). The fourth-order valence-electron chi connectivity index (χ4n) is 0.938. The van der Waals surface area contributed by atoms with Gasteiger partial charge >= 0.3 is 11.9 Å². The molecule has 0 saturated heterocycles. The predicted molar refractivity (Wildman–Crippen MR) is 88.4 cm³/mol. The predicted octanol–water partition coefficient (Wildman–Crippen LogP) is 2.92. The van der Waals surface area contributed by atoms with E-state index in [-0.39, 0.29) is 0 Å². The molecule has 0 aromatic rings. The average Bonchev–Trinajstić information content (AvgIpc) is 2.51. The first kappa shape index (κ1) is 23.1. The van der Waals surface area contributed by atoms with Gasteiger partial charge in [-0.2, -0.15) is 0 Å². The Kier molecular flexibility index (Phi) is 14.8. The summed E-state index contributed by atoms with van der Waals surface area (Å²) >= 11 is 0. The highest BCUT2D eigenvalue weighted by Crippen LogP contribution is 1.99. The minimum Gasteiger partial charge on any atom is -0.433 e. The van der Waals surface area contributed by atoms with E-state index in [4.69, 9.17) is 14.2 Å². The van der Waals surface area contributed by atoms with Crippen LogP contribution in [-0.4, -0.2) is 37.7 Å². The topological polar surface area (TPSA) is 71.1 Å². The first-order valence-electron chi connectivity index (χ1n) is 6.92. The molecule has 0 aromatic carbocycles. The molecule has 2 atom stereocenters. The second-order valence-corrected chi connectivity index (χ2v) is 4.21. The number of hydrogen-bond donors (Lipinski definition) is 0. The van der Waals surface area contributed by atoms with Gasteiger partial charge in [0.05, 0.1) is 13.2 Å². The van der Waals surface area contributed by atoms with Crippen LogP contribution in [0, 0.1) is 0 Å². The highest BCUT2D eigenvalue weighted by Gasteiger charge is 2.08. The summed E-state index contributed by atoms with van der Waals surface area (Å²) in [5.74, 6) is -0.923. The summed E-state index contributed by atoms with van der Waals surface area (Å²) in [6.07, 6.45) is 3.17. The second-order valence-electron chi connectivity index (χ2n) is 4.21. The van der Waals surface area contributed by atoms with Gasteiger partial charge in [0.15, 0.2) is 0 Å². The molecule has 0 spiro atoms. The van der Waals surface area contributed by atoms with Gasteiger partial charge in [-0.3, -0.25) is 0 Å². The van der Waals surface area contributed by atoms with Gasteiger partial charge < -0.3 is 18.9 Å². The fourth-order valence-corrected chi connectivity index (χ4v) is 0.938. The van der Waals surface area contributed by atoms with Crippen molar-refractivity contribution >= 4 is 11.9 Å². The maximum absolute atomic E-state index is 10.9. The fraction of sp³-hybridized carbons (Fsp3) is 0.412. The van der Waals surface area contributed by atoms with Crippen LogP contribution in [0.5, 0.6) is 0 Å². The van der Waals surface area contributed by atoms with E-state index in [1.165, 1.54) is 0 Å². The molecular weight excluding hydrogens is 300 g/mol. The SMILES string of the molecule is C=CCOC(C)OC(=O)C(=C)C.C=CCOC(C)OC(=O)C=C. The van der Waals surface area contributed by atoms with Crippen molar-refractivity contribution in [3.05, 3.63) is 50.1 Å². The van der Waals surface area contributed by atoms with E-state index in [1.807, 2.05) is 0 Å². The Bertz CT molecular complexity index is 413. The van der Waals surface area contributed by atoms with E-state index in [9.17, 15) is 9.59 Å². The Labute approximate surface area is 138 Å². The van der Waals surface area contributed by atoms with Crippen molar-refractivity contribution in [3.63, 3.8) is 0 Å². The van der Waals surface area contributed by atoms with Crippen LogP contribution in [0.15, 0.2) is 50.1 Å². The molecule has 0 heterocycles. The monoisotopic (exact) mass is 326 g/mol. The van der Waals surface area contributed by atoms with Crippen molar-refractivity contribution in [2.45, 2.75) is 33.4 Å². The van der Waals surface area contributed by atoms with Gasteiger partial charge in [0.25, 0.3) is 0 Å². The van der Waals surface area contributed by atoms with Gasteiger partial charge in [-0.15, -0.1) is 13.2 Å². The summed E-state index contributed by atoms with van der Waals surface area (Å²) in [5, 5.41) is 0. The van der Waals surface area contributed by atoms with Crippen LogP contribution in [0.3, 0.4) is 0 Å². The lowest BCUT2D eigenvalue weighted by molar-refractivity contribution is -0.168. The number of carbonyl (C=O) groups is 2. The normalized spacial score (nSPS) is 11.8. The van der Waals surface area contributed by atoms with Gasteiger partial charge in [-0.1, -0.05) is 25.3 Å². The molecule has 6 heteroatoms. The Balaban J connectivity index is 0. The molecule has 23 heavy (non-hydrogen) atoms. The summed E-state index contributed by atoms with van der Waals surface area (Å²) in [5.41, 5.74) is 0.365. The molecule has 2 unspecified atom stereocenters. The van der Waals surface area contributed by atoms with Crippen molar-refractivity contribution in [1.29, 1.82) is 0 Å². The third kappa shape index (κ3) is 16.0. The summed E-state index contributed by atoms with van der Waals surface area (Å²) in [6, 6.07) is 0. The van der Waals surface area contributed by atoms with Crippen LogP contribution in [0.2, 0.25) is 0 Å². The minimum absolute atomic E-state index is 0.365. The van der Waals surface area contributed by atoms with E-state index >= 15 is 0 Å².